The number of anilines is 3. The SMILES string of the molecule is Nc1ccc(N)nc1.Nc1ccccn1. The summed E-state index contributed by atoms with van der Waals surface area (Å²) in [5.41, 5.74) is 16.5. The molecule has 0 amide bonds. The van der Waals surface area contributed by atoms with Gasteiger partial charge >= 0.3 is 0 Å². The molecular formula is C10H13N5. The lowest BCUT2D eigenvalue weighted by molar-refractivity contribution is 1.34. The topological polar surface area (TPSA) is 104 Å². The van der Waals surface area contributed by atoms with Crippen LogP contribution in [0.15, 0.2) is 42.7 Å². The van der Waals surface area contributed by atoms with Crippen molar-refractivity contribution in [1.29, 1.82) is 0 Å². The van der Waals surface area contributed by atoms with Crippen molar-refractivity contribution >= 4 is 17.3 Å². The molecule has 2 aromatic rings. The summed E-state index contributed by atoms with van der Waals surface area (Å²) in [6, 6.07) is 8.80. The van der Waals surface area contributed by atoms with Crippen LogP contribution in [0.2, 0.25) is 0 Å². The summed E-state index contributed by atoms with van der Waals surface area (Å²) in [5, 5.41) is 0. The van der Waals surface area contributed by atoms with Crippen LogP contribution >= 0.6 is 0 Å². The van der Waals surface area contributed by atoms with Crippen LogP contribution in [0.3, 0.4) is 0 Å². The molecule has 0 spiro atoms. The molecule has 0 bridgehead atoms. The number of hydrogen-bond donors (Lipinski definition) is 3. The smallest absolute Gasteiger partial charge is 0.123 e. The standard InChI is InChI=1S/C5H7N3.C5H6N2/c6-4-1-2-5(7)8-3-4;6-5-3-1-2-4-7-5/h1-3H,6H2,(H2,7,8);1-4H,(H2,6,7). The Balaban J connectivity index is 0.000000151. The highest BCUT2D eigenvalue weighted by molar-refractivity contribution is 5.40. The minimum Gasteiger partial charge on any atom is -0.397 e. The fourth-order valence-corrected chi connectivity index (χ4v) is 0.793. The van der Waals surface area contributed by atoms with Crippen molar-refractivity contribution in [2.75, 3.05) is 17.2 Å². The van der Waals surface area contributed by atoms with Crippen LogP contribution < -0.4 is 17.2 Å². The average Bonchev–Trinajstić information content (AvgIpc) is 2.25. The van der Waals surface area contributed by atoms with Crippen LogP contribution in [0.4, 0.5) is 17.3 Å². The fraction of sp³-hybridized carbons (Fsp3) is 0. The summed E-state index contributed by atoms with van der Waals surface area (Å²) >= 11 is 0. The molecule has 2 heterocycles. The van der Waals surface area contributed by atoms with Gasteiger partial charge in [0, 0.05) is 6.20 Å². The lowest BCUT2D eigenvalue weighted by Crippen LogP contribution is -1.90. The predicted molar refractivity (Wildman–Crippen MR) is 61.7 cm³/mol. The largest absolute Gasteiger partial charge is 0.397 e. The van der Waals surface area contributed by atoms with Crippen LogP contribution in [0, 0.1) is 0 Å². The summed E-state index contributed by atoms with van der Waals surface area (Å²) in [4.78, 5) is 7.49. The van der Waals surface area contributed by atoms with Crippen LogP contribution in [-0.4, -0.2) is 9.97 Å². The molecule has 0 aliphatic rings. The third-order valence-electron chi connectivity index (χ3n) is 1.50. The van der Waals surface area contributed by atoms with E-state index in [0.717, 1.165) is 0 Å². The van der Waals surface area contributed by atoms with Gasteiger partial charge in [-0.1, -0.05) is 6.07 Å². The van der Waals surface area contributed by atoms with Gasteiger partial charge in [0.05, 0.1) is 11.9 Å². The van der Waals surface area contributed by atoms with Gasteiger partial charge in [0.25, 0.3) is 0 Å². The summed E-state index contributed by atoms with van der Waals surface area (Å²) in [6.45, 7) is 0. The van der Waals surface area contributed by atoms with Crippen LogP contribution in [-0.2, 0) is 0 Å². The first-order valence-corrected chi connectivity index (χ1v) is 4.32. The van der Waals surface area contributed by atoms with Gasteiger partial charge in [-0.15, -0.1) is 0 Å². The van der Waals surface area contributed by atoms with Crippen LogP contribution in [0.5, 0.6) is 0 Å². The first-order chi connectivity index (χ1) is 7.18. The molecule has 0 fully saturated rings. The maximum atomic E-state index is 5.31. The van der Waals surface area contributed by atoms with E-state index in [1.165, 1.54) is 6.20 Å². The zero-order valence-electron chi connectivity index (χ0n) is 8.17. The molecule has 0 saturated heterocycles. The van der Waals surface area contributed by atoms with Crippen molar-refractivity contribution in [2.45, 2.75) is 0 Å². The van der Waals surface area contributed by atoms with Gasteiger partial charge in [-0.2, -0.15) is 0 Å². The van der Waals surface area contributed by atoms with Gasteiger partial charge in [0.1, 0.15) is 11.6 Å². The van der Waals surface area contributed by atoms with E-state index in [2.05, 4.69) is 9.97 Å². The molecule has 0 radical (unpaired) electrons. The Morgan fingerprint density at radius 2 is 1.53 bits per heavy atom. The zero-order valence-corrected chi connectivity index (χ0v) is 8.17. The fourth-order valence-electron chi connectivity index (χ4n) is 0.793. The number of hydrogen-bond acceptors (Lipinski definition) is 5. The molecule has 2 aromatic heterocycles. The van der Waals surface area contributed by atoms with Crippen molar-refractivity contribution < 1.29 is 0 Å². The second-order valence-electron chi connectivity index (χ2n) is 2.77. The van der Waals surface area contributed by atoms with Crippen molar-refractivity contribution in [3.63, 3.8) is 0 Å². The third-order valence-corrected chi connectivity index (χ3v) is 1.50. The van der Waals surface area contributed by atoms with E-state index >= 15 is 0 Å². The summed E-state index contributed by atoms with van der Waals surface area (Å²) < 4.78 is 0. The minimum atomic E-state index is 0.499. The molecule has 15 heavy (non-hydrogen) atoms. The Morgan fingerprint density at radius 1 is 0.800 bits per heavy atom. The number of nitrogens with zero attached hydrogens (tertiary/aromatic N) is 2. The van der Waals surface area contributed by atoms with E-state index in [-0.39, 0.29) is 0 Å². The molecule has 5 heteroatoms. The second kappa shape index (κ2) is 5.43. The van der Waals surface area contributed by atoms with Crippen LogP contribution in [0.25, 0.3) is 0 Å². The number of nitrogen functional groups attached to an aromatic ring is 3. The van der Waals surface area contributed by atoms with Gasteiger partial charge in [-0.05, 0) is 24.3 Å². The van der Waals surface area contributed by atoms with Gasteiger partial charge in [0.2, 0.25) is 0 Å². The van der Waals surface area contributed by atoms with E-state index < -0.39 is 0 Å². The van der Waals surface area contributed by atoms with Gasteiger partial charge in [-0.3, -0.25) is 0 Å². The zero-order chi connectivity index (χ0) is 11.1. The molecule has 6 N–H and O–H groups in total. The van der Waals surface area contributed by atoms with Gasteiger partial charge < -0.3 is 17.2 Å². The molecule has 0 unspecified atom stereocenters. The molecule has 0 aliphatic heterocycles. The Kier molecular flexibility index (Phi) is 3.91. The number of aromatic nitrogens is 2. The highest BCUT2D eigenvalue weighted by Gasteiger charge is 1.82. The molecule has 5 nitrogen and oxygen atoms in total. The quantitative estimate of drug-likeness (QED) is 0.590. The first kappa shape index (κ1) is 10.8. The van der Waals surface area contributed by atoms with E-state index in [9.17, 15) is 0 Å². The first-order valence-electron chi connectivity index (χ1n) is 4.32. The Bertz CT molecular complexity index is 363. The number of pyridine rings is 2. The van der Waals surface area contributed by atoms with Crippen LogP contribution in [0.1, 0.15) is 0 Å². The maximum absolute atomic E-state index is 5.31. The highest BCUT2D eigenvalue weighted by Crippen LogP contribution is 2.00. The monoisotopic (exact) mass is 203 g/mol. The van der Waals surface area contributed by atoms with Gasteiger partial charge in [-0.25, -0.2) is 9.97 Å². The average molecular weight is 203 g/mol. The lowest BCUT2D eigenvalue weighted by atomic mass is 10.4. The van der Waals surface area contributed by atoms with E-state index in [4.69, 9.17) is 17.2 Å². The predicted octanol–water partition coefficient (Wildman–Crippen LogP) is 0.910. The molecule has 78 valence electrons. The molecule has 0 atom stereocenters. The maximum Gasteiger partial charge on any atom is 0.123 e. The molecule has 0 aliphatic carbocycles. The highest BCUT2D eigenvalue weighted by atomic mass is 14.8. The molecule has 2 rings (SSSR count). The van der Waals surface area contributed by atoms with Crippen molar-refractivity contribution in [3.05, 3.63) is 42.7 Å². The summed E-state index contributed by atoms with van der Waals surface area (Å²) in [6.07, 6.45) is 3.19. The molecule has 0 saturated carbocycles. The second-order valence-corrected chi connectivity index (χ2v) is 2.77. The Labute approximate surface area is 88.0 Å². The van der Waals surface area contributed by atoms with Gasteiger partial charge in [0.15, 0.2) is 0 Å². The van der Waals surface area contributed by atoms with E-state index in [1.807, 2.05) is 12.1 Å². The summed E-state index contributed by atoms with van der Waals surface area (Å²) in [5.74, 6) is 1.07. The van der Waals surface area contributed by atoms with Crippen molar-refractivity contribution in [1.82, 2.24) is 9.97 Å². The molecular weight excluding hydrogens is 190 g/mol. The summed E-state index contributed by atoms with van der Waals surface area (Å²) in [7, 11) is 0. The Hall–Kier alpha value is -2.30. The van der Waals surface area contributed by atoms with Crippen molar-refractivity contribution in [3.8, 4) is 0 Å². The Morgan fingerprint density at radius 3 is 1.87 bits per heavy atom. The number of nitrogens with two attached hydrogens (primary N) is 3. The van der Waals surface area contributed by atoms with Crippen molar-refractivity contribution in [2.24, 2.45) is 0 Å². The molecule has 0 aromatic carbocycles. The lowest BCUT2D eigenvalue weighted by Gasteiger charge is -1.89. The number of rotatable bonds is 0. The third kappa shape index (κ3) is 4.47. The van der Waals surface area contributed by atoms with E-state index in [1.54, 1.807) is 24.4 Å². The minimum absolute atomic E-state index is 0.499. The normalized spacial score (nSPS) is 8.80. The van der Waals surface area contributed by atoms with E-state index in [0.29, 0.717) is 17.3 Å².